The van der Waals surface area contributed by atoms with Crippen LogP contribution < -0.4 is 5.73 Å². The second kappa shape index (κ2) is 1.99. The summed E-state index contributed by atoms with van der Waals surface area (Å²) in [5, 5.41) is 4.05. The lowest BCUT2D eigenvalue weighted by Gasteiger charge is -1.94. The number of pyridine rings is 1. The van der Waals surface area contributed by atoms with E-state index in [-0.39, 0.29) is 0 Å². The lowest BCUT2D eigenvalue weighted by molar-refractivity contribution is 0.958. The van der Waals surface area contributed by atoms with Crippen LogP contribution in [0.2, 0.25) is 0 Å². The first-order valence-electron chi connectivity index (χ1n) is 3.47. The molecule has 0 bridgehead atoms. The molecule has 0 aromatic carbocycles. The van der Waals surface area contributed by atoms with Crippen LogP contribution in [0.1, 0.15) is 5.56 Å². The van der Waals surface area contributed by atoms with Crippen molar-refractivity contribution in [2.24, 2.45) is 0 Å². The number of nitrogens with zero attached hydrogens (tertiary/aromatic N) is 2. The van der Waals surface area contributed by atoms with Crippen LogP contribution in [0.3, 0.4) is 0 Å². The number of fused-ring (bicyclic) bond motifs is 1. The van der Waals surface area contributed by atoms with Crippen LogP contribution in [0.4, 0.5) is 5.69 Å². The Labute approximate surface area is 64.4 Å². The van der Waals surface area contributed by atoms with Crippen molar-refractivity contribution in [3.63, 3.8) is 0 Å². The highest BCUT2D eigenvalue weighted by Crippen LogP contribution is 2.12. The smallest absolute Gasteiger partial charge is 0.0893 e. The van der Waals surface area contributed by atoms with E-state index in [0.29, 0.717) is 0 Å². The summed E-state index contributed by atoms with van der Waals surface area (Å²) in [5.41, 5.74) is 8.57. The molecule has 3 nitrogen and oxygen atoms in total. The van der Waals surface area contributed by atoms with Gasteiger partial charge in [-0.15, -0.1) is 0 Å². The normalized spacial score (nSPS) is 10.6. The van der Waals surface area contributed by atoms with Gasteiger partial charge >= 0.3 is 0 Å². The molecule has 56 valence electrons. The second-order valence-electron chi connectivity index (χ2n) is 2.63. The third-order valence-electron chi connectivity index (χ3n) is 1.71. The first kappa shape index (κ1) is 6.22. The van der Waals surface area contributed by atoms with Crippen molar-refractivity contribution in [2.75, 3.05) is 5.73 Å². The van der Waals surface area contributed by atoms with Gasteiger partial charge in [0.15, 0.2) is 0 Å². The molecular weight excluding hydrogens is 138 g/mol. The maximum Gasteiger partial charge on any atom is 0.0893 e. The molecule has 0 spiro atoms. The Bertz CT molecular complexity index is 389. The number of nitrogens with two attached hydrogens (primary N) is 1. The molecule has 0 fully saturated rings. The van der Waals surface area contributed by atoms with Gasteiger partial charge in [0.25, 0.3) is 0 Å². The number of aromatic nitrogens is 2. The van der Waals surface area contributed by atoms with Gasteiger partial charge in [0.1, 0.15) is 0 Å². The molecular formula is C8H9N3. The van der Waals surface area contributed by atoms with E-state index in [1.165, 1.54) is 5.56 Å². The Balaban J connectivity index is 2.87. The molecule has 0 atom stereocenters. The number of nitrogen functional groups attached to an aromatic ring is 1. The van der Waals surface area contributed by atoms with Crippen molar-refractivity contribution in [1.29, 1.82) is 0 Å². The molecule has 2 N–H and O–H groups in total. The average molecular weight is 147 g/mol. The van der Waals surface area contributed by atoms with Crippen LogP contribution in [0.25, 0.3) is 5.52 Å². The first-order valence-corrected chi connectivity index (χ1v) is 3.47. The van der Waals surface area contributed by atoms with Gasteiger partial charge in [-0.05, 0) is 24.6 Å². The van der Waals surface area contributed by atoms with Crippen molar-refractivity contribution in [2.45, 2.75) is 6.92 Å². The Morgan fingerprint density at radius 3 is 3.18 bits per heavy atom. The van der Waals surface area contributed by atoms with E-state index in [1.807, 2.05) is 25.3 Å². The Morgan fingerprint density at radius 2 is 2.36 bits per heavy atom. The van der Waals surface area contributed by atoms with Gasteiger partial charge in [-0.1, -0.05) is 0 Å². The molecule has 2 rings (SSSR count). The minimum Gasteiger partial charge on any atom is -0.396 e. The summed E-state index contributed by atoms with van der Waals surface area (Å²) in [4.78, 5) is 0. The molecule has 3 heteroatoms. The largest absolute Gasteiger partial charge is 0.396 e. The van der Waals surface area contributed by atoms with E-state index >= 15 is 0 Å². The van der Waals surface area contributed by atoms with Crippen LogP contribution in [0.15, 0.2) is 24.5 Å². The van der Waals surface area contributed by atoms with Gasteiger partial charge in [-0.3, -0.25) is 0 Å². The van der Waals surface area contributed by atoms with Crippen molar-refractivity contribution in [1.82, 2.24) is 9.61 Å². The zero-order chi connectivity index (χ0) is 7.84. The van der Waals surface area contributed by atoms with Crippen LogP contribution >= 0.6 is 0 Å². The van der Waals surface area contributed by atoms with Crippen LogP contribution in [0, 0.1) is 6.92 Å². The summed E-state index contributed by atoms with van der Waals surface area (Å²) in [6, 6.07) is 4.02. The summed E-state index contributed by atoms with van der Waals surface area (Å²) >= 11 is 0. The molecule has 0 aliphatic rings. The maximum absolute atomic E-state index is 5.66. The third kappa shape index (κ3) is 0.852. The molecule has 0 aliphatic carbocycles. The molecule has 2 heterocycles. The standard InChI is InChI=1S/C8H9N3/c1-6-2-3-11-8(4-6)7(9)5-10-11/h2-5H,9H2,1H3. The van der Waals surface area contributed by atoms with Gasteiger partial charge in [-0.2, -0.15) is 5.10 Å². The van der Waals surface area contributed by atoms with Gasteiger partial charge < -0.3 is 5.73 Å². The number of hydrogen-bond donors (Lipinski definition) is 1. The molecule has 2 aromatic rings. The minimum atomic E-state index is 0.730. The van der Waals surface area contributed by atoms with Crippen LogP contribution in [-0.2, 0) is 0 Å². The van der Waals surface area contributed by atoms with E-state index in [9.17, 15) is 0 Å². The van der Waals surface area contributed by atoms with E-state index in [2.05, 4.69) is 5.10 Å². The Kier molecular flexibility index (Phi) is 1.12. The fraction of sp³-hybridized carbons (Fsp3) is 0.125. The quantitative estimate of drug-likeness (QED) is 0.609. The highest BCUT2D eigenvalue weighted by atomic mass is 15.2. The van der Waals surface area contributed by atoms with Gasteiger partial charge in [0.2, 0.25) is 0 Å². The minimum absolute atomic E-state index is 0.730. The SMILES string of the molecule is Cc1ccn2ncc(N)c2c1. The zero-order valence-electron chi connectivity index (χ0n) is 6.28. The van der Waals surface area contributed by atoms with Gasteiger partial charge in [-0.25, -0.2) is 4.52 Å². The zero-order valence-corrected chi connectivity index (χ0v) is 6.28. The maximum atomic E-state index is 5.66. The van der Waals surface area contributed by atoms with E-state index < -0.39 is 0 Å². The molecule has 0 aliphatic heterocycles. The molecule has 11 heavy (non-hydrogen) atoms. The number of anilines is 1. The predicted molar refractivity (Wildman–Crippen MR) is 44.3 cm³/mol. The topological polar surface area (TPSA) is 43.3 Å². The molecule has 0 unspecified atom stereocenters. The van der Waals surface area contributed by atoms with Crippen molar-refractivity contribution in [3.8, 4) is 0 Å². The summed E-state index contributed by atoms with van der Waals surface area (Å²) in [5.74, 6) is 0. The van der Waals surface area contributed by atoms with Crippen molar-refractivity contribution in [3.05, 3.63) is 30.1 Å². The summed E-state index contributed by atoms with van der Waals surface area (Å²) in [6.45, 7) is 2.03. The highest BCUT2D eigenvalue weighted by Gasteiger charge is 1.97. The fourth-order valence-corrected chi connectivity index (χ4v) is 1.11. The first-order chi connectivity index (χ1) is 5.27. The molecule has 0 saturated heterocycles. The predicted octanol–water partition coefficient (Wildman–Crippen LogP) is 1.22. The van der Waals surface area contributed by atoms with E-state index in [1.54, 1.807) is 10.7 Å². The van der Waals surface area contributed by atoms with E-state index in [4.69, 9.17) is 5.73 Å². The molecule has 0 amide bonds. The van der Waals surface area contributed by atoms with Crippen LogP contribution in [0.5, 0.6) is 0 Å². The van der Waals surface area contributed by atoms with Crippen molar-refractivity contribution < 1.29 is 0 Å². The highest BCUT2D eigenvalue weighted by molar-refractivity contribution is 5.68. The number of hydrogen-bond acceptors (Lipinski definition) is 2. The monoisotopic (exact) mass is 147 g/mol. The summed E-state index contributed by atoms with van der Waals surface area (Å²) in [6.07, 6.45) is 3.57. The number of rotatable bonds is 0. The molecule has 2 aromatic heterocycles. The molecule has 0 saturated carbocycles. The van der Waals surface area contributed by atoms with Gasteiger partial charge in [0, 0.05) is 6.20 Å². The van der Waals surface area contributed by atoms with E-state index in [0.717, 1.165) is 11.2 Å². The fourth-order valence-electron chi connectivity index (χ4n) is 1.11. The second-order valence-corrected chi connectivity index (χ2v) is 2.63. The lowest BCUT2D eigenvalue weighted by atomic mass is 10.2. The number of aryl methyl sites for hydroxylation is 1. The van der Waals surface area contributed by atoms with Crippen LogP contribution in [-0.4, -0.2) is 9.61 Å². The van der Waals surface area contributed by atoms with Crippen molar-refractivity contribution >= 4 is 11.2 Å². The average Bonchev–Trinajstić information content (AvgIpc) is 2.33. The molecule has 0 radical (unpaired) electrons. The Hall–Kier alpha value is -1.51. The summed E-state index contributed by atoms with van der Waals surface area (Å²) < 4.78 is 1.77. The summed E-state index contributed by atoms with van der Waals surface area (Å²) in [7, 11) is 0. The van der Waals surface area contributed by atoms with Gasteiger partial charge in [0.05, 0.1) is 17.4 Å². The Morgan fingerprint density at radius 1 is 1.55 bits per heavy atom. The third-order valence-corrected chi connectivity index (χ3v) is 1.71. The lowest BCUT2D eigenvalue weighted by Crippen LogP contribution is -1.87.